The number of hydrogen-bond acceptors (Lipinski definition) is 5. The molecule has 31 heavy (non-hydrogen) atoms. The Balaban J connectivity index is 1.81. The van der Waals surface area contributed by atoms with E-state index in [-0.39, 0.29) is 11.3 Å². The third kappa shape index (κ3) is 4.80. The summed E-state index contributed by atoms with van der Waals surface area (Å²) < 4.78 is 10.0. The molecule has 2 N–H and O–H groups in total. The Morgan fingerprint density at radius 1 is 1.00 bits per heavy atom. The predicted octanol–water partition coefficient (Wildman–Crippen LogP) is 3.56. The highest BCUT2D eigenvalue weighted by atomic mass is 16.5. The van der Waals surface area contributed by atoms with Gasteiger partial charge in [0.1, 0.15) is 11.3 Å². The van der Waals surface area contributed by atoms with Crippen LogP contribution in [0.25, 0.3) is 0 Å². The molecule has 1 saturated carbocycles. The van der Waals surface area contributed by atoms with E-state index in [1.54, 1.807) is 18.2 Å². The highest BCUT2D eigenvalue weighted by Gasteiger charge is 2.45. The van der Waals surface area contributed by atoms with Crippen LogP contribution in [0, 0.1) is 11.3 Å². The number of ether oxygens (including phenoxy) is 2. The molecule has 0 radical (unpaired) electrons. The van der Waals surface area contributed by atoms with Gasteiger partial charge in [-0.3, -0.25) is 4.79 Å². The van der Waals surface area contributed by atoms with Crippen LogP contribution < -0.4 is 15.4 Å². The van der Waals surface area contributed by atoms with Gasteiger partial charge in [-0.25, -0.2) is 4.79 Å². The van der Waals surface area contributed by atoms with Crippen LogP contribution in [0.15, 0.2) is 54.6 Å². The number of alkyl carbamates (subject to hydrolysis) is 1. The number of methoxy groups -OCH3 is 2. The molecular weight excluding hydrogens is 394 g/mol. The topological polar surface area (TPSA) is 100 Å². The van der Waals surface area contributed by atoms with Gasteiger partial charge in [-0.15, -0.1) is 0 Å². The van der Waals surface area contributed by atoms with E-state index in [4.69, 9.17) is 9.47 Å². The molecule has 3 rings (SSSR count). The van der Waals surface area contributed by atoms with E-state index in [1.165, 1.54) is 14.2 Å². The lowest BCUT2D eigenvalue weighted by Gasteiger charge is -2.44. The highest BCUT2D eigenvalue weighted by molar-refractivity contribution is 5.97. The van der Waals surface area contributed by atoms with E-state index in [2.05, 4.69) is 16.7 Å². The fourth-order valence-corrected chi connectivity index (χ4v) is 4.20. The SMILES string of the molecule is COC(=O)N[C@]1(C#N)CC[C@](CNC(=O)c2ccccc2OC)(c2ccccc2)CC1. The summed E-state index contributed by atoms with van der Waals surface area (Å²) in [5, 5.41) is 15.5. The molecule has 2 amide bonds. The molecule has 0 unspecified atom stereocenters. The molecule has 0 atom stereocenters. The number of nitriles is 1. The van der Waals surface area contributed by atoms with Crippen LogP contribution in [0.4, 0.5) is 4.79 Å². The Morgan fingerprint density at radius 2 is 1.65 bits per heavy atom. The number of carbonyl (C=O) groups is 2. The highest BCUT2D eigenvalue weighted by Crippen LogP contribution is 2.43. The van der Waals surface area contributed by atoms with Crippen LogP contribution in [-0.2, 0) is 10.2 Å². The zero-order valence-electron chi connectivity index (χ0n) is 17.8. The van der Waals surface area contributed by atoms with Crippen LogP contribution in [0.1, 0.15) is 41.6 Å². The zero-order valence-corrected chi connectivity index (χ0v) is 17.8. The van der Waals surface area contributed by atoms with Crippen molar-refractivity contribution in [1.29, 1.82) is 5.26 Å². The Bertz CT molecular complexity index is 960. The predicted molar refractivity (Wildman–Crippen MR) is 116 cm³/mol. The van der Waals surface area contributed by atoms with Gasteiger partial charge in [0.2, 0.25) is 0 Å². The van der Waals surface area contributed by atoms with Crippen molar-refractivity contribution < 1.29 is 19.1 Å². The van der Waals surface area contributed by atoms with Gasteiger partial charge in [-0.2, -0.15) is 5.26 Å². The van der Waals surface area contributed by atoms with E-state index in [9.17, 15) is 14.9 Å². The minimum absolute atomic E-state index is 0.211. The number of nitrogens with one attached hydrogen (secondary N) is 2. The second-order valence-electron chi connectivity index (χ2n) is 7.84. The van der Waals surface area contributed by atoms with Crippen LogP contribution in [0.5, 0.6) is 5.75 Å². The first-order chi connectivity index (χ1) is 15.0. The standard InChI is InChI=1S/C24H27N3O4/c1-30-20-11-7-6-10-19(20)21(28)26-17-23(18-8-4-3-5-9-18)12-14-24(16-25,15-13-23)27-22(29)31-2/h3-11H,12-15,17H2,1-2H3,(H,26,28)(H,27,29)/t23-,24+. The number of amides is 2. The monoisotopic (exact) mass is 421 g/mol. The second kappa shape index (κ2) is 9.52. The average Bonchev–Trinajstić information content (AvgIpc) is 2.84. The molecule has 1 fully saturated rings. The van der Waals surface area contributed by atoms with Crippen molar-refractivity contribution in [3.05, 3.63) is 65.7 Å². The summed E-state index contributed by atoms with van der Waals surface area (Å²) in [7, 11) is 2.82. The largest absolute Gasteiger partial charge is 0.496 e. The molecule has 7 nitrogen and oxygen atoms in total. The molecule has 0 heterocycles. The quantitative estimate of drug-likeness (QED) is 0.743. The number of hydrogen-bond donors (Lipinski definition) is 2. The van der Waals surface area contributed by atoms with Crippen molar-refractivity contribution in [1.82, 2.24) is 10.6 Å². The summed E-state index contributed by atoms with van der Waals surface area (Å²) in [6.07, 6.45) is 1.55. The van der Waals surface area contributed by atoms with Gasteiger partial charge in [0.15, 0.2) is 0 Å². The van der Waals surface area contributed by atoms with E-state index < -0.39 is 11.6 Å². The molecule has 2 aromatic carbocycles. The fourth-order valence-electron chi connectivity index (χ4n) is 4.20. The maximum atomic E-state index is 12.9. The third-order valence-corrected chi connectivity index (χ3v) is 6.13. The first-order valence-electron chi connectivity index (χ1n) is 10.2. The smallest absolute Gasteiger partial charge is 0.408 e. The normalized spacial score (nSPS) is 22.6. The van der Waals surface area contributed by atoms with Crippen molar-refractivity contribution in [2.45, 2.75) is 36.6 Å². The van der Waals surface area contributed by atoms with Gasteiger partial charge in [0.05, 0.1) is 25.9 Å². The van der Waals surface area contributed by atoms with Crippen molar-refractivity contribution in [2.24, 2.45) is 0 Å². The van der Waals surface area contributed by atoms with Gasteiger partial charge in [-0.1, -0.05) is 42.5 Å². The molecule has 2 aromatic rings. The summed E-state index contributed by atoms with van der Waals surface area (Å²) in [4.78, 5) is 24.6. The lowest BCUT2D eigenvalue weighted by Crippen LogP contribution is -2.54. The van der Waals surface area contributed by atoms with Crippen LogP contribution in [0.3, 0.4) is 0 Å². The number of para-hydroxylation sites is 1. The maximum absolute atomic E-state index is 12.9. The van der Waals surface area contributed by atoms with Gasteiger partial charge in [-0.05, 0) is 43.4 Å². The van der Waals surface area contributed by atoms with Crippen molar-refractivity contribution in [2.75, 3.05) is 20.8 Å². The van der Waals surface area contributed by atoms with Crippen LogP contribution in [0.2, 0.25) is 0 Å². The molecular formula is C24H27N3O4. The molecule has 1 aliphatic rings. The van der Waals surface area contributed by atoms with Crippen LogP contribution >= 0.6 is 0 Å². The number of benzene rings is 2. The molecule has 162 valence electrons. The number of rotatable bonds is 6. The van der Waals surface area contributed by atoms with Gasteiger partial charge in [0.25, 0.3) is 5.91 Å². The molecule has 0 bridgehead atoms. The van der Waals surface area contributed by atoms with Gasteiger partial charge >= 0.3 is 6.09 Å². The summed E-state index contributed by atoms with van der Waals surface area (Å²) >= 11 is 0. The summed E-state index contributed by atoms with van der Waals surface area (Å²) in [5.41, 5.74) is 0.248. The number of nitrogens with zero attached hydrogens (tertiary/aromatic N) is 1. The third-order valence-electron chi connectivity index (χ3n) is 6.13. The zero-order chi connectivity index (χ0) is 22.3. The lowest BCUT2D eigenvalue weighted by molar-refractivity contribution is 0.0927. The van der Waals surface area contributed by atoms with Crippen molar-refractivity contribution in [3.8, 4) is 11.8 Å². The first-order valence-corrected chi connectivity index (χ1v) is 10.2. The molecule has 0 saturated heterocycles. The average molecular weight is 421 g/mol. The molecule has 0 spiro atoms. The maximum Gasteiger partial charge on any atom is 0.408 e. The summed E-state index contributed by atoms with van der Waals surface area (Å²) in [6.45, 7) is 0.410. The first kappa shape index (κ1) is 22.2. The van der Waals surface area contributed by atoms with E-state index >= 15 is 0 Å². The Hall–Kier alpha value is -3.53. The summed E-state index contributed by atoms with van der Waals surface area (Å²) in [5.74, 6) is 0.306. The number of carbonyl (C=O) groups excluding carboxylic acids is 2. The van der Waals surface area contributed by atoms with Crippen molar-refractivity contribution in [3.63, 3.8) is 0 Å². The molecule has 1 aliphatic carbocycles. The lowest BCUT2D eigenvalue weighted by atomic mass is 9.64. The van der Waals surface area contributed by atoms with E-state index in [0.717, 1.165) is 5.56 Å². The van der Waals surface area contributed by atoms with Crippen molar-refractivity contribution >= 4 is 12.0 Å². The van der Waals surface area contributed by atoms with Crippen LogP contribution in [-0.4, -0.2) is 38.3 Å². The van der Waals surface area contributed by atoms with Gasteiger partial charge < -0.3 is 20.1 Å². The second-order valence-corrected chi connectivity index (χ2v) is 7.84. The molecule has 0 aliphatic heterocycles. The van der Waals surface area contributed by atoms with Gasteiger partial charge in [0, 0.05) is 12.0 Å². The van der Waals surface area contributed by atoms with E-state index in [0.29, 0.717) is 43.5 Å². The molecule has 0 aromatic heterocycles. The van der Waals surface area contributed by atoms with E-state index in [1.807, 2.05) is 36.4 Å². The Morgan fingerprint density at radius 3 is 2.26 bits per heavy atom. The minimum Gasteiger partial charge on any atom is -0.496 e. The fraction of sp³-hybridized carbons (Fsp3) is 0.375. The Labute approximate surface area is 182 Å². The Kier molecular flexibility index (Phi) is 6.81. The molecule has 7 heteroatoms. The minimum atomic E-state index is -0.974. The summed E-state index contributed by atoms with van der Waals surface area (Å²) in [6, 6.07) is 19.3.